The number of carboxylic acid groups (broad SMARTS) is 1. The molecule has 2 N–H and O–H groups in total. The summed E-state index contributed by atoms with van der Waals surface area (Å²) in [4.78, 5) is 26.2. The van der Waals surface area contributed by atoms with E-state index in [4.69, 9.17) is 5.11 Å². The fourth-order valence-electron chi connectivity index (χ4n) is 1.88. The predicted molar refractivity (Wildman–Crippen MR) is 76.7 cm³/mol. The number of benzene rings is 1. The Bertz CT molecular complexity index is 687. The fourth-order valence-corrected chi connectivity index (χ4v) is 2.64. The molecule has 0 aliphatic rings. The van der Waals surface area contributed by atoms with Crippen molar-refractivity contribution < 1.29 is 19.1 Å². The molecule has 0 saturated carbocycles. The lowest BCUT2D eigenvalue weighted by Crippen LogP contribution is -2.19. The summed E-state index contributed by atoms with van der Waals surface area (Å²) in [7, 11) is 1.54. The maximum absolute atomic E-state index is 13.8. The molecule has 2 rings (SSSR count). The van der Waals surface area contributed by atoms with Gasteiger partial charge >= 0.3 is 5.97 Å². The summed E-state index contributed by atoms with van der Waals surface area (Å²) >= 11 is 1.00. The number of carboxylic acids is 1. The van der Waals surface area contributed by atoms with E-state index in [-0.39, 0.29) is 23.6 Å². The Morgan fingerprint density at radius 1 is 1.48 bits per heavy atom. The predicted octanol–water partition coefficient (Wildman–Crippen LogP) is 1.49. The van der Waals surface area contributed by atoms with Gasteiger partial charge in [0.15, 0.2) is 11.0 Å². The number of nitrogens with zero attached hydrogens (tertiary/aromatic N) is 2. The molecule has 0 radical (unpaired) electrons. The van der Waals surface area contributed by atoms with Crippen molar-refractivity contribution in [3.63, 3.8) is 0 Å². The fraction of sp³-hybridized carbons (Fsp3) is 0.308. The molecule has 0 aliphatic heterocycles. The van der Waals surface area contributed by atoms with Gasteiger partial charge in [0.25, 0.3) is 0 Å². The van der Waals surface area contributed by atoms with E-state index >= 15 is 0 Å². The number of rotatable bonds is 6. The summed E-state index contributed by atoms with van der Waals surface area (Å²) in [6.45, 7) is 0.307. The normalized spacial score (nSPS) is 10.8. The van der Waals surface area contributed by atoms with E-state index in [1.54, 1.807) is 16.7 Å². The monoisotopic (exact) mass is 311 g/mol. The van der Waals surface area contributed by atoms with Gasteiger partial charge in [0, 0.05) is 20.0 Å². The third-order valence-electron chi connectivity index (χ3n) is 2.86. The van der Waals surface area contributed by atoms with E-state index in [1.165, 1.54) is 13.1 Å². The molecule has 0 fully saturated rings. The molecule has 1 heterocycles. The molecular weight excluding hydrogens is 297 g/mol. The van der Waals surface area contributed by atoms with Crippen LogP contribution in [-0.2, 0) is 16.1 Å². The van der Waals surface area contributed by atoms with Crippen molar-refractivity contribution in [2.45, 2.75) is 18.1 Å². The number of aromatic nitrogens is 2. The van der Waals surface area contributed by atoms with Crippen LogP contribution in [0.2, 0.25) is 0 Å². The second-order valence-corrected chi connectivity index (χ2v) is 5.20. The van der Waals surface area contributed by atoms with E-state index in [1.807, 2.05) is 0 Å². The minimum Gasteiger partial charge on any atom is -0.481 e. The first kappa shape index (κ1) is 15.3. The average molecular weight is 311 g/mol. The Balaban J connectivity index is 2.37. The van der Waals surface area contributed by atoms with Crippen molar-refractivity contribution in [3.05, 3.63) is 24.0 Å². The van der Waals surface area contributed by atoms with Crippen molar-refractivity contribution in [1.82, 2.24) is 14.9 Å². The van der Waals surface area contributed by atoms with Gasteiger partial charge in [-0.2, -0.15) is 0 Å². The number of aryl methyl sites for hydroxylation is 1. The third kappa shape index (κ3) is 3.52. The third-order valence-corrected chi connectivity index (χ3v) is 3.82. The highest BCUT2D eigenvalue weighted by Gasteiger charge is 2.15. The van der Waals surface area contributed by atoms with Crippen LogP contribution in [0.25, 0.3) is 11.0 Å². The smallest absolute Gasteiger partial charge is 0.313 e. The first-order valence-corrected chi connectivity index (χ1v) is 7.21. The largest absolute Gasteiger partial charge is 0.481 e. The molecule has 0 aliphatic carbocycles. The van der Waals surface area contributed by atoms with Crippen molar-refractivity contribution in [3.8, 4) is 0 Å². The maximum Gasteiger partial charge on any atom is 0.313 e. The van der Waals surface area contributed by atoms with Crippen LogP contribution < -0.4 is 5.32 Å². The van der Waals surface area contributed by atoms with Crippen LogP contribution in [0, 0.1) is 5.82 Å². The van der Waals surface area contributed by atoms with Crippen LogP contribution in [0.15, 0.2) is 23.4 Å². The number of thioether (sulfide) groups is 1. The Morgan fingerprint density at radius 2 is 2.24 bits per heavy atom. The van der Waals surface area contributed by atoms with E-state index in [9.17, 15) is 14.0 Å². The summed E-state index contributed by atoms with van der Waals surface area (Å²) in [6.07, 6.45) is 0.207. The number of carbonyl (C=O) groups is 2. The highest BCUT2D eigenvalue weighted by Crippen LogP contribution is 2.26. The van der Waals surface area contributed by atoms with E-state index in [0.717, 1.165) is 11.8 Å². The van der Waals surface area contributed by atoms with Gasteiger partial charge in [0.05, 0.1) is 11.3 Å². The number of aliphatic carboxylic acids is 1. The average Bonchev–Trinajstić information content (AvgIpc) is 2.82. The van der Waals surface area contributed by atoms with E-state index in [0.29, 0.717) is 17.2 Å². The molecule has 1 aromatic carbocycles. The zero-order valence-electron chi connectivity index (χ0n) is 11.3. The number of imidazole rings is 1. The van der Waals surface area contributed by atoms with Crippen LogP contribution in [0.4, 0.5) is 4.39 Å². The molecule has 0 spiro atoms. The SMILES string of the molecule is CNC(=O)CCn1c(SCC(=O)O)nc2c(F)cccc21. The van der Waals surface area contributed by atoms with E-state index < -0.39 is 11.8 Å². The standard InChI is InChI=1S/C13H14FN3O3S/c1-15-10(18)5-6-17-9-4-2-3-8(14)12(9)16-13(17)21-7-11(19)20/h2-4H,5-7H2,1H3,(H,15,18)(H,19,20). The number of amides is 1. The lowest BCUT2D eigenvalue weighted by atomic mass is 10.3. The number of para-hydroxylation sites is 1. The van der Waals surface area contributed by atoms with Gasteiger partial charge in [-0.25, -0.2) is 9.37 Å². The van der Waals surface area contributed by atoms with Gasteiger partial charge in [0.2, 0.25) is 5.91 Å². The molecule has 1 aromatic heterocycles. The molecular formula is C13H14FN3O3S. The molecule has 112 valence electrons. The Morgan fingerprint density at radius 3 is 2.90 bits per heavy atom. The Kier molecular flexibility index (Phi) is 4.79. The van der Waals surface area contributed by atoms with Crippen molar-refractivity contribution >= 4 is 34.7 Å². The lowest BCUT2D eigenvalue weighted by molar-refractivity contribution is -0.134. The number of hydrogen-bond acceptors (Lipinski definition) is 4. The summed E-state index contributed by atoms with van der Waals surface area (Å²) in [5, 5.41) is 11.7. The number of halogens is 1. The molecule has 2 aromatic rings. The summed E-state index contributed by atoms with van der Waals surface area (Å²) in [5.74, 6) is -1.78. The molecule has 6 nitrogen and oxygen atoms in total. The molecule has 8 heteroatoms. The van der Waals surface area contributed by atoms with Gasteiger partial charge < -0.3 is 15.0 Å². The molecule has 1 amide bonds. The number of nitrogens with one attached hydrogen (secondary N) is 1. The van der Waals surface area contributed by atoms with Gasteiger partial charge in [0.1, 0.15) is 5.52 Å². The van der Waals surface area contributed by atoms with Crippen molar-refractivity contribution in [2.24, 2.45) is 0 Å². The van der Waals surface area contributed by atoms with E-state index in [2.05, 4.69) is 10.3 Å². The molecule has 21 heavy (non-hydrogen) atoms. The number of carbonyl (C=O) groups excluding carboxylic acids is 1. The Hall–Kier alpha value is -2.09. The van der Waals surface area contributed by atoms with Crippen molar-refractivity contribution in [1.29, 1.82) is 0 Å². The van der Waals surface area contributed by atoms with Crippen LogP contribution in [0.5, 0.6) is 0 Å². The second-order valence-electron chi connectivity index (χ2n) is 4.26. The molecule has 0 unspecified atom stereocenters. The summed E-state index contributed by atoms with van der Waals surface area (Å²) < 4.78 is 15.4. The zero-order chi connectivity index (χ0) is 15.4. The lowest BCUT2D eigenvalue weighted by Gasteiger charge is -2.07. The quantitative estimate of drug-likeness (QED) is 0.790. The summed E-state index contributed by atoms with van der Waals surface area (Å²) in [6, 6.07) is 4.55. The summed E-state index contributed by atoms with van der Waals surface area (Å²) in [5.41, 5.74) is 0.731. The highest BCUT2D eigenvalue weighted by molar-refractivity contribution is 7.99. The molecule has 0 atom stereocenters. The van der Waals surface area contributed by atoms with Crippen LogP contribution in [0.3, 0.4) is 0 Å². The highest BCUT2D eigenvalue weighted by atomic mass is 32.2. The van der Waals surface area contributed by atoms with Crippen LogP contribution >= 0.6 is 11.8 Å². The first-order valence-electron chi connectivity index (χ1n) is 6.23. The topological polar surface area (TPSA) is 84.2 Å². The van der Waals surface area contributed by atoms with Gasteiger partial charge in [-0.1, -0.05) is 17.8 Å². The van der Waals surface area contributed by atoms with Gasteiger partial charge in [-0.05, 0) is 12.1 Å². The molecule has 0 saturated heterocycles. The minimum absolute atomic E-state index is 0.151. The van der Waals surface area contributed by atoms with Crippen molar-refractivity contribution in [2.75, 3.05) is 12.8 Å². The van der Waals surface area contributed by atoms with Gasteiger partial charge in [-0.3, -0.25) is 9.59 Å². The molecule has 0 bridgehead atoms. The second kappa shape index (κ2) is 6.57. The Labute approximate surface area is 124 Å². The zero-order valence-corrected chi connectivity index (χ0v) is 12.1. The van der Waals surface area contributed by atoms with Crippen LogP contribution in [0.1, 0.15) is 6.42 Å². The van der Waals surface area contributed by atoms with Gasteiger partial charge in [-0.15, -0.1) is 0 Å². The number of hydrogen-bond donors (Lipinski definition) is 2. The van der Waals surface area contributed by atoms with Crippen LogP contribution in [-0.4, -0.2) is 39.3 Å². The minimum atomic E-state index is -0.981. The maximum atomic E-state index is 13.8. The first-order chi connectivity index (χ1) is 10.0. The number of fused-ring (bicyclic) bond motifs is 1.